The van der Waals surface area contributed by atoms with E-state index in [0.29, 0.717) is 6.42 Å². The lowest BCUT2D eigenvalue weighted by atomic mass is 10.1. The van der Waals surface area contributed by atoms with E-state index in [1.54, 1.807) is 36.4 Å². The van der Waals surface area contributed by atoms with Crippen molar-refractivity contribution in [3.05, 3.63) is 35.9 Å². The van der Waals surface area contributed by atoms with E-state index in [4.69, 9.17) is 9.84 Å². The molecule has 110 valence electrons. The lowest BCUT2D eigenvalue weighted by molar-refractivity contribution is -0.115. The molecule has 0 aromatic heterocycles. The summed E-state index contributed by atoms with van der Waals surface area (Å²) in [7, 11) is 0. The molecular weight excluding hydrogens is 278 g/mol. The van der Waals surface area contributed by atoms with Gasteiger partial charge in [0.1, 0.15) is 5.75 Å². The van der Waals surface area contributed by atoms with Crippen molar-refractivity contribution < 1.29 is 14.6 Å². The number of nitrogens with zero attached hydrogens (tertiary/aromatic N) is 1. The third-order valence-corrected chi connectivity index (χ3v) is 3.13. The molecule has 0 saturated carbocycles. The number of morpholine rings is 1. The number of hydrogen-bond donors (Lipinski definition) is 1. The molecule has 5 heteroatoms. The minimum atomic E-state index is 0. The number of hydrogen-bond acceptors (Lipinski definition) is 4. The molecule has 0 radical (unpaired) electrons. The minimum absolute atomic E-state index is 0. The number of allylic oxidation sites excluding steroid dienone is 1. The molecule has 20 heavy (non-hydrogen) atoms. The number of rotatable bonds is 5. The van der Waals surface area contributed by atoms with E-state index >= 15 is 0 Å². The normalized spacial score (nSPS) is 16.0. The minimum Gasteiger partial charge on any atom is -0.508 e. The van der Waals surface area contributed by atoms with Crippen LogP contribution in [0.1, 0.15) is 12.0 Å². The number of carbonyl (C=O) groups is 1. The van der Waals surface area contributed by atoms with Crippen LogP contribution in [-0.4, -0.2) is 48.6 Å². The molecule has 1 saturated heterocycles. The zero-order valence-electron chi connectivity index (χ0n) is 11.3. The van der Waals surface area contributed by atoms with E-state index in [1.165, 1.54) is 0 Å². The Morgan fingerprint density at radius 1 is 1.25 bits per heavy atom. The largest absolute Gasteiger partial charge is 0.508 e. The maximum absolute atomic E-state index is 11.7. The topological polar surface area (TPSA) is 49.8 Å². The summed E-state index contributed by atoms with van der Waals surface area (Å²) in [5.41, 5.74) is 0.914. The molecule has 2 rings (SSSR count). The van der Waals surface area contributed by atoms with Crippen molar-refractivity contribution in [1.82, 2.24) is 4.90 Å². The predicted molar refractivity (Wildman–Crippen MR) is 81.3 cm³/mol. The molecular formula is C15H20ClNO3. The average Bonchev–Trinajstić information content (AvgIpc) is 2.45. The van der Waals surface area contributed by atoms with Gasteiger partial charge in [0.2, 0.25) is 0 Å². The number of aromatic hydroxyl groups is 1. The maximum atomic E-state index is 11.7. The van der Waals surface area contributed by atoms with Crippen LogP contribution < -0.4 is 0 Å². The Labute approximate surface area is 125 Å². The number of phenolic OH excluding ortho intramolecular Hbond substituents is 1. The van der Waals surface area contributed by atoms with E-state index in [1.807, 2.05) is 0 Å². The van der Waals surface area contributed by atoms with Gasteiger partial charge in [0.15, 0.2) is 5.78 Å². The zero-order valence-corrected chi connectivity index (χ0v) is 12.1. The standard InChI is InChI=1S/C15H19NO3.ClH/c17-14-4-1-13(2-5-14)3-6-15(18)7-8-16-9-11-19-12-10-16;/h1-6,17H,7-12H2;1H/b6-3+;. The van der Waals surface area contributed by atoms with Crippen molar-refractivity contribution in [2.75, 3.05) is 32.8 Å². The third kappa shape index (κ3) is 5.74. The summed E-state index contributed by atoms with van der Waals surface area (Å²) < 4.78 is 5.26. The number of ketones is 1. The van der Waals surface area contributed by atoms with Gasteiger partial charge in [0.05, 0.1) is 13.2 Å². The summed E-state index contributed by atoms with van der Waals surface area (Å²) >= 11 is 0. The highest BCUT2D eigenvalue weighted by atomic mass is 35.5. The summed E-state index contributed by atoms with van der Waals surface area (Å²) in [6, 6.07) is 6.78. The van der Waals surface area contributed by atoms with Crippen molar-refractivity contribution in [1.29, 1.82) is 0 Å². The predicted octanol–water partition coefficient (Wildman–Crippen LogP) is 2.12. The van der Waals surface area contributed by atoms with E-state index < -0.39 is 0 Å². The first-order valence-electron chi connectivity index (χ1n) is 6.54. The highest BCUT2D eigenvalue weighted by Gasteiger charge is 2.10. The average molecular weight is 298 g/mol. The van der Waals surface area contributed by atoms with Crippen molar-refractivity contribution in [3.63, 3.8) is 0 Å². The second kappa shape index (κ2) is 8.74. The summed E-state index contributed by atoms with van der Waals surface area (Å²) in [5.74, 6) is 0.357. The molecule has 0 amide bonds. The van der Waals surface area contributed by atoms with Gasteiger partial charge >= 0.3 is 0 Å². The second-order valence-corrected chi connectivity index (χ2v) is 4.60. The Morgan fingerprint density at radius 3 is 2.55 bits per heavy atom. The van der Waals surface area contributed by atoms with Gasteiger partial charge in [0.25, 0.3) is 0 Å². The summed E-state index contributed by atoms with van der Waals surface area (Å²) in [4.78, 5) is 14.0. The van der Waals surface area contributed by atoms with E-state index in [0.717, 1.165) is 38.4 Å². The van der Waals surface area contributed by atoms with Crippen LogP contribution in [0.5, 0.6) is 5.75 Å². The lowest BCUT2D eigenvalue weighted by Gasteiger charge is -2.25. The highest BCUT2D eigenvalue weighted by molar-refractivity contribution is 5.93. The van der Waals surface area contributed by atoms with Gasteiger partial charge in [-0.2, -0.15) is 0 Å². The summed E-state index contributed by atoms with van der Waals surface area (Å²) in [6.07, 6.45) is 3.92. The number of benzene rings is 1. The zero-order chi connectivity index (χ0) is 13.5. The summed E-state index contributed by atoms with van der Waals surface area (Å²) in [6.45, 7) is 4.14. The number of halogens is 1. The van der Waals surface area contributed by atoms with Crippen molar-refractivity contribution in [3.8, 4) is 5.75 Å². The van der Waals surface area contributed by atoms with E-state index in [2.05, 4.69) is 4.90 Å². The molecule has 0 atom stereocenters. The van der Waals surface area contributed by atoms with Gasteiger partial charge in [-0.3, -0.25) is 9.69 Å². The maximum Gasteiger partial charge on any atom is 0.156 e. The molecule has 0 unspecified atom stereocenters. The molecule has 1 fully saturated rings. The first-order valence-corrected chi connectivity index (χ1v) is 6.54. The molecule has 1 aliphatic heterocycles. The van der Waals surface area contributed by atoms with Crippen LogP contribution in [-0.2, 0) is 9.53 Å². The molecule has 0 aliphatic carbocycles. The van der Waals surface area contributed by atoms with Gasteiger partial charge in [-0.1, -0.05) is 18.2 Å². The fraction of sp³-hybridized carbons (Fsp3) is 0.400. The van der Waals surface area contributed by atoms with Crippen molar-refractivity contribution in [2.24, 2.45) is 0 Å². The van der Waals surface area contributed by atoms with Crippen LogP contribution in [0.3, 0.4) is 0 Å². The van der Waals surface area contributed by atoms with Crippen molar-refractivity contribution in [2.45, 2.75) is 6.42 Å². The lowest BCUT2D eigenvalue weighted by Crippen LogP contribution is -2.37. The van der Waals surface area contributed by atoms with Crippen LogP contribution in [0, 0.1) is 0 Å². The van der Waals surface area contributed by atoms with Crippen LogP contribution >= 0.6 is 12.4 Å². The summed E-state index contributed by atoms with van der Waals surface area (Å²) in [5, 5.41) is 9.16. The molecule has 1 heterocycles. The monoisotopic (exact) mass is 297 g/mol. The first kappa shape index (κ1) is 16.7. The quantitative estimate of drug-likeness (QED) is 0.846. The Bertz CT molecular complexity index is 439. The fourth-order valence-electron chi connectivity index (χ4n) is 1.95. The molecule has 1 N–H and O–H groups in total. The van der Waals surface area contributed by atoms with Gasteiger partial charge in [-0.15, -0.1) is 12.4 Å². The van der Waals surface area contributed by atoms with Crippen LogP contribution in [0.4, 0.5) is 0 Å². The Hall–Kier alpha value is -1.36. The molecule has 1 aromatic carbocycles. The highest BCUT2D eigenvalue weighted by Crippen LogP contribution is 2.11. The molecule has 0 spiro atoms. The smallest absolute Gasteiger partial charge is 0.156 e. The fourth-order valence-corrected chi connectivity index (χ4v) is 1.95. The van der Waals surface area contributed by atoms with Gasteiger partial charge in [-0.25, -0.2) is 0 Å². The number of phenols is 1. The van der Waals surface area contributed by atoms with E-state index in [-0.39, 0.29) is 23.9 Å². The van der Waals surface area contributed by atoms with Gasteiger partial charge < -0.3 is 9.84 Å². The van der Waals surface area contributed by atoms with Gasteiger partial charge in [-0.05, 0) is 23.8 Å². The molecule has 4 nitrogen and oxygen atoms in total. The van der Waals surface area contributed by atoms with E-state index in [9.17, 15) is 4.79 Å². The first-order chi connectivity index (χ1) is 9.24. The Morgan fingerprint density at radius 2 is 1.90 bits per heavy atom. The molecule has 0 bridgehead atoms. The van der Waals surface area contributed by atoms with Crippen LogP contribution in [0.15, 0.2) is 30.3 Å². The van der Waals surface area contributed by atoms with Crippen molar-refractivity contribution >= 4 is 24.3 Å². The SMILES string of the molecule is Cl.O=C(/C=C/c1ccc(O)cc1)CCN1CCOCC1. The molecule has 1 aliphatic rings. The van der Waals surface area contributed by atoms with Crippen LogP contribution in [0.2, 0.25) is 0 Å². The Kier molecular flexibility index (Phi) is 7.30. The molecule has 1 aromatic rings. The Balaban J connectivity index is 0.00000200. The number of carbonyl (C=O) groups excluding carboxylic acids is 1. The van der Waals surface area contributed by atoms with Gasteiger partial charge in [0, 0.05) is 26.1 Å². The second-order valence-electron chi connectivity index (χ2n) is 4.60. The van der Waals surface area contributed by atoms with Crippen LogP contribution in [0.25, 0.3) is 6.08 Å². The number of ether oxygens (including phenoxy) is 1. The third-order valence-electron chi connectivity index (χ3n) is 3.13.